The molecule has 0 radical (unpaired) electrons. The van der Waals surface area contributed by atoms with Crippen molar-refractivity contribution in [3.63, 3.8) is 0 Å². The average Bonchev–Trinajstić information content (AvgIpc) is 2.03. The molecular weight excluding hydrogens is 150 g/mol. The molecule has 0 saturated heterocycles. The quantitative estimate of drug-likeness (QED) is 0.690. The highest BCUT2D eigenvalue weighted by molar-refractivity contribution is 5.34. The van der Waals surface area contributed by atoms with E-state index in [4.69, 9.17) is 0 Å². The molecule has 0 bridgehead atoms. The lowest BCUT2D eigenvalue weighted by atomic mass is 10.3. The molecule has 0 atom stereocenters. The van der Waals surface area contributed by atoms with Gasteiger partial charge < -0.3 is 5.32 Å². The Labute approximate surface area is 72.5 Å². The summed E-state index contributed by atoms with van der Waals surface area (Å²) in [6.07, 6.45) is 0. The molecule has 1 heterocycles. The molecule has 0 aliphatic rings. The van der Waals surface area contributed by atoms with E-state index in [1.165, 1.54) is 0 Å². The first kappa shape index (κ1) is 8.71. The van der Waals surface area contributed by atoms with Crippen molar-refractivity contribution in [1.82, 2.24) is 10.2 Å². The van der Waals surface area contributed by atoms with E-state index in [-0.39, 0.29) is 0 Å². The molecule has 64 valence electrons. The van der Waals surface area contributed by atoms with E-state index in [0.29, 0.717) is 0 Å². The van der Waals surface area contributed by atoms with Crippen LogP contribution in [-0.2, 0) is 0 Å². The molecular formula is C9H13N3. The highest BCUT2D eigenvalue weighted by Crippen LogP contribution is 2.01. The van der Waals surface area contributed by atoms with Crippen LogP contribution < -0.4 is 5.32 Å². The van der Waals surface area contributed by atoms with E-state index in [9.17, 15) is 0 Å². The largest absolute Gasteiger partial charge is 0.365 e. The maximum atomic E-state index is 3.95. The van der Waals surface area contributed by atoms with Gasteiger partial charge in [0, 0.05) is 6.54 Å². The van der Waals surface area contributed by atoms with Gasteiger partial charge in [0.2, 0.25) is 0 Å². The van der Waals surface area contributed by atoms with E-state index < -0.39 is 0 Å². The van der Waals surface area contributed by atoms with Gasteiger partial charge in [-0.15, -0.1) is 5.10 Å². The van der Waals surface area contributed by atoms with Gasteiger partial charge in [-0.3, -0.25) is 0 Å². The van der Waals surface area contributed by atoms with Crippen LogP contribution in [0, 0.1) is 6.92 Å². The summed E-state index contributed by atoms with van der Waals surface area (Å²) in [5.74, 6) is 0.795. The molecule has 0 amide bonds. The molecule has 3 nitrogen and oxygen atoms in total. The van der Waals surface area contributed by atoms with E-state index in [1.807, 2.05) is 26.0 Å². The van der Waals surface area contributed by atoms with E-state index in [2.05, 4.69) is 22.1 Å². The highest BCUT2D eigenvalue weighted by Gasteiger charge is 1.92. The third kappa shape index (κ3) is 2.70. The molecule has 0 aliphatic heterocycles. The number of rotatable bonds is 3. The van der Waals surface area contributed by atoms with E-state index >= 15 is 0 Å². The Balaban J connectivity index is 2.53. The number of aromatic nitrogens is 2. The zero-order valence-corrected chi connectivity index (χ0v) is 7.46. The van der Waals surface area contributed by atoms with E-state index in [0.717, 1.165) is 23.6 Å². The average molecular weight is 163 g/mol. The second-order valence-electron chi connectivity index (χ2n) is 2.87. The summed E-state index contributed by atoms with van der Waals surface area (Å²) in [5, 5.41) is 11.0. The number of anilines is 1. The third-order valence-corrected chi connectivity index (χ3v) is 1.37. The van der Waals surface area contributed by atoms with Gasteiger partial charge in [-0.1, -0.05) is 12.2 Å². The van der Waals surface area contributed by atoms with Crippen LogP contribution in [0.2, 0.25) is 0 Å². The standard InChI is InChI=1S/C9H13N3/c1-7(2)6-10-9-5-4-8(3)11-12-9/h4-5H,1,6H2,2-3H3,(H,10,12). The van der Waals surface area contributed by atoms with Crippen LogP contribution in [0.4, 0.5) is 5.82 Å². The lowest BCUT2D eigenvalue weighted by Gasteiger charge is -2.03. The summed E-state index contributed by atoms with van der Waals surface area (Å²) in [5.41, 5.74) is 2.01. The molecule has 0 aromatic carbocycles. The minimum Gasteiger partial charge on any atom is -0.365 e. The Bertz CT molecular complexity index is 264. The van der Waals surface area contributed by atoms with Crippen molar-refractivity contribution in [2.24, 2.45) is 0 Å². The molecule has 1 N–H and O–H groups in total. The predicted octanol–water partition coefficient (Wildman–Crippen LogP) is 1.77. The first-order valence-corrected chi connectivity index (χ1v) is 3.87. The topological polar surface area (TPSA) is 37.8 Å². The van der Waals surface area contributed by atoms with Crippen molar-refractivity contribution in [2.75, 3.05) is 11.9 Å². The molecule has 0 spiro atoms. The SMILES string of the molecule is C=C(C)CNc1ccc(C)nn1. The van der Waals surface area contributed by atoms with Gasteiger partial charge in [-0.05, 0) is 26.0 Å². The van der Waals surface area contributed by atoms with Crippen LogP contribution in [0.15, 0.2) is 24.3 Å². The summed E-state index contributed by atoms with van der Waals surface area (Å²) in [7, 11) is 0. The molecule has 0 unspecified atom stereocenters. The first-order valence-electron chi connectivity index (χ1n) is 3.87. The number of nitrogens with zero attached hydrogens (tertiary/aromatic N) is 2. The molecule has 3 heteroatoms. The summed E-state index contributed by atoms with van der Waals surface area (Å²) >= 11 is 0. The van der Waals surface area contributed by atoms with Crippen molar-refractivity contribution in [3.8, 4) is 0 Å². The second-order valence-corrected chi connectivity index (χ2v) is 2.87. The van der Waals surface area contributed by atoms with Gasteiger partial charge in [0.15, 0.2) is 0 Å². The van der Waals surface area contributed by atoms with Crippen LogP contribution in [0.5, 0.6) is 0 Å². The zero-order chi connectivity index (χ0) is 8.97. The third-order valence-electron chi connectivity index (χ3n) is 1.37. The Morgan fingerprint density at radius 1 is 1.50 bits per heavy atom. The number of hydrogen-bond donors (Lipinski definition) is 1. The van der Waals surface area contributed by atoms with Crippen molar-refractivity contribution in [2.45, 2.75) is 13.8 Å². The number of hydrogen-bond acceptors (Lipinski definition) is 3. The van der Waals surface area contributed by atoms with E-state index in [1.54, 1.807) is 0 Å². The van der Waals surface area contributed by atoms with Crippen LogP contribution in [0.25, 0.3) is 0 Å². The molecule has 1 aromatic heterocycles. The lowest BCUT2D eigenvalue weighted by molar-refractivity contribution is 0.972. The zero-order valence-electron chi connectivity index (χ0n) is 7.46. The van der Waals surface area contributed by atoms with Crippen LogP contribution in [0.3, 0.4) is 0 Å². The van der Waals surface area contributed by atoms with Crippen LogP contribution in [-0.4, -0.2) is 16.7 Å². The molecule has 12 heavy (non-hydrogen) atoms. The maximum Gasteiger partial charge on any atom is 0.148 e. The van der Waals surface area contributed by atoms with Crippen molar-refractivity contribution >= 4 is 5.82 Å². The van der Waals surface area contributed by atoms with Gasteiger partial charge in [-0.2, -0.15) is 5.10 Å². The van der Waals surface area contributed by atoms with Crippen molar-refractivity contribution in [3.05, 3.63) is 30.0 Å². The van der Waals surface area contributed by atoms with Crippen LogP contribution >= 0.6 is 0 Å². The highest BCUT2D eigenvalue weighted by atomic mass is 15.2. The van der Waals surface area contributed by atoms with Crippen molar-refractivity contribution in [1.29, 1.82) is 0 Å². The predicted molar refractivity (Wildman–Crippen MR) is 50.1 cm³/mol. The Morgan fingerprint density at radius 2 is 2.25 bits per heavy atom. The van der Waals surface area contributed by atoms with Gasteiger partial charge in [0.05, 0.1) is 5.69 Å². The molecule has 0 aliphatic carbocycles. The molecule has 1 aromatic rings. The fourth-order valence-electron chi connectivity index (χ4n) is 0.735. The lowest BCUT2D eigenvalue weighted by Crippen LogP contribution is -2.04. The summed E-state index contributed by atoms with van der Waals surface area (Å²) < 4.78 is 0. The smallest absolute Gasteiger partial charge is 0.148 e. The normalized spacial score (nSPS) is 9.50. The van der Waals surface area contributed by atoms with Gasteiger partial charge in [0.1, 0.15) is 5.82 Å². The Hall–Kier alpha value is -1.38. The molecule has 0 fully saturated rings. The maximum absolute atomic E-state index is 3.95. The minimum absolute atomic E-state index is 0.748. The number of aryl methyl sites for hydroxylation is 1. The summed E-state index contributed by atoms with van der Waals surface area (Å²) in [6.45, 7) is 8.40. The fourth-order valence-corrected chi connectivity index (χ4v) is 0.735. The fraction of sp³-hybridized carbons (Fsp3) is 0.333. The Kier molecular flexibility index (Phi) is 2.80. The molecule has 1 rings (SSSR count). The van der Waals surface area contributed by atoms with Gasteiger partial charge in [-0.25, -0.2) is 0 Å². The number of nitrogens with one attached hydrogen (secondary N) is 1. The summed E-state index contributed by atoms with van der Waals surface area (Å²) in [6, 6.07) is 3.83. The van der Waals surface area contributed by atoms with Crippen molar-refractivity contribution < 1.29 is 0 Å². The first-order chi connectivity index (χ1) is 5.68. The van der Waals surface area contributed by atoms with Crippen LogP contribution in [0.1, 0.15) is 12.6 Å². The minimum atomic E-state index is 0.748. The summed E-state index contributed by atoms with van der Waals surface area (Å²) in [4.78, 5) is 0. The second kappa shape index (κ2) is 3.85. The Morgan fingerprint density at radius 3 is 2.75 bits per heavy atom. The van der Waals surface area contributed by atoms with Gasteiger partial charge >= 0.3 is 0 Å². The van der Waals surface area contributed by atoms with Gasteiger partial charge in [0.25, 0.3) is 0 Å². The molecule has 0 saturated carbocycles. The monoisotopic (exact) mass is 163 g/mol.